The van der Waals surface area contributed by atoms with Gasteiger partial charge in [-0.3, -0.25) is 0 Å². The van der Waals surface area contributed by atoms with Crippen LogP contribution in [-0.2, 0) is 0 Å². The minimum absolute atomic E-state index is 0.948. The van der Waals surface area contributed by atoms with Crippen molar-refractivity contribution in [2.75, 3.05) is 13.4 Å². The first kappa shape index (κ1) is 9.87. The number of ether oxygens (including phenoxy) is 1. The van der Waals surface area contributed by atoms with Crippen LogP contribution in [0.5, 0.6) is 5.75 Å². The minimum atomic E-state index is 0.948. The minimum Gasteiger partial charge on any atom is -0.497 e. The normalized spacial score (nSPS) is 10.8. The van der Waals surface area contributed by atoms with Crippen molar-refractivity contribution in [3.8, 4) is 5.75 Å². The van der Waals surface area contributed by atoms with E-state index in [-0.39, 0.29) is 0 Å². The molecular formula is C11H12OS2. The van der Waals surface area contributed by atoms with Gasteiger partial charge in [-0.15, -0.1) is 23.1 Å². The van der Waals surface area contributed by atoms with E-state index >= 15 is 0 Å². The fraction of sp³-hybridized carbons (Fsp3) is 0.273. The molecule has 1 aromatic heterocycles. The standard InChI is InChI=1S/C11H12OS2/c1-7-6-14-11-9(7)4-8(12-2)5-10(11)13-3/h4-6H,1-3H3. The number of rotatable bonds is 2. The number of thioether (sulfide) groups is 1. The van der Waals surface area contributed by atoms with Gasteiger partial charge in [0.1, 0.15) is 5.75 Å². The van der Waals surface area contributed by atoms with E-state index in [0.29, 0.717) is 0 Å². The van der Waals surface area contributed by atoms with Gasteiger partial charge < -0.3 is 4.74 Å². The predicted molar refractivity (Wildman–Crippen MR) is 64.9 cm³/mol. The van der Waals surface area contributed by atoms with Gasteiger partial charge in [-0.1, -0.05) is 0 Å². The molecule has 3 heteroatoms. The molecule has 0 atom stereocenters. The quantitative estimate of drug-likeness (QED) is 0.715. The Kier molecular flexibility index (Phi) is 2.70. The number of methoxy groups -OCH3 is 1. The van der Waals surface area contributed by atoms with E-state index in [0.717, 1.165) is 5.75 Å². The van der Waals surface area contributed by atoms with Gasteiger partial charge in [0.25, 0.3) is 0 Å². The molecule has 0 saturated heterocycles. The SMILES string of the molecule is COc1cc(SC)c2scc(C)c2c1. The van der Waals surface area contributed by atoms with Crippen molar-refractivity contribution in [1.29, 1.82) is 0 Å². The summed E-state index contributed by atoms with van der Waals surface area (Å²) in [7, 11) is 1.72. The average Bonchev–Trinajstić information content (AvgIpc) is 2.59. The van der Waals surface area contributed by atoms with Crippen LogP contribution in [0.25, 0.3) is 10.1 Å². The monoisotopic (exact) mass is 224 g/mol. The summed E-state index contributed by atoms with van der Waals surface area (Å²) in [5, 5.41) is 3.52. The van der Waals surface area contributed by atoms with Crippen LogP contribution >= 0.6 is 23.1 Å². The third-order valence-corrected chi connectivity index (χ3v) is 4.30. The van der Waals surface area contributed by atoms with Crippen molar-refractivity contribution in [3.05, 3.63) is 23.1 Å². The van der Waals surface area contributed by atoms with Crippen molar-refractivity contribution in [1.82, 2.24) is 0 Å². The molecule has 74 valence electrons. The first-order valence-electron chi connectivity index (χ1n) is 4.36. The summed E-state index contributed by atoms with van der Waals surface area (Å²) >= 11 is 3.58. The van der Waals surface area contributed by atoms with Gasteiger partial charge in [-0.05, 0) is 36.3 Å². The summed E-state index contributed by atoms with van der Waals surface area (Å²) in [5.74, 6) is 0.948. The molecule has 0 aliphatic rings. The Morgan fingerprint density at radius 1 is 1.36 bits per heavy atom. The summed E-state index contributed by atoms with van der Waals surface area (Å²) < 4.78 is 6.65. The van der Waals surface area contributed by atoms with E-state index in [4.69, 9.17) is 4.74 Å². The van der Waals surface area contributed by atoms with Crippen molar-refractivity contribution >= 4 is 33.2 Å². The number of aryl methyl sites for hydroxylation is 1. The van der Waals surface area contributed by atoms with Gasteiger partial charge in [0.2, 0.25) is 0 Å². The van der Waals surface area contributed by atoms with E-state index in [1.807, 2.05) is 11.3 Å². The largest absolute Gasteiger partial charge is 0.497 e. The van der Waals surface area contributed by atoms with Gasteiger partial charge in [0.05, 0.1) is 7.11 Å². The van der Waals surface area contributed by atoms with Crippen LogP contribution in [-0.4, -0.2) is 13.4 Å². The molecule has 1 heterocycles. The zero-order chi connectivity index (χ0) is 10.1. The van der Waals surface area contributed by atoms with Crippen LogP contribution in [0.15, 0.2) is 22.4 Å². The zero-order valence-corrected chi connectivity index (χ0v) is 10.1. The van der Waals surface area contributed by atoms with Gasteiger partial charge >= 0.3 is 0 Å². The third kappa shape index (κ3) is 1.51. The van der Waals surface area contributed by atoms with E-state index in [2.05, 4.69) is 30.7 Å². The van der Waals surface area contributed by atoms with Gasteiger partial charge in [-0.2, -0.15) is 0 Å². The zero-order valence-electron chi connectivity index (χ0n) is 8.46. The molecular weight excluding hydrogens is 212 g/mol. The summed E-state index contributed by atoms with van der Waals surface area (Å²) in [6.07, 6.45) is 2.10. The summed E-state index contributed by atoms with van der Waals surface area (Å²) in [5.41, 5.74) is 1.33. The lowest BCUT2D eigenvalue weighted by Crippen LogP contribution is -1.83. The molecule has 0 unspecified atom stereocenters. The Labute approximate surface area is 92.1 Å². The van der Waals surface area contributed by atoms with Crippen LogP contribution in [0, 0.1) is 6.92 Å². The number of hydrogen-bond donors (Lipinski definition) is 0. The van der Waals surface area contributed by atoms with E-state index < -0.39 is 0 Å². The smallest absolute Gasteiger partial charge is 0.120 e. The van der Waals surface area contributed by atoms with E-state index in [9.17, 15) is 0 Å². The maximum atomic E-state index is 5.28. The maximum Gasteiger partial charge on any atom is 0.120 e. The number of thiophene rings is 1. The topological polar surface area (TPSA) is 9.23 Å². The van der Waals surface area contributed by atoms with Gasteiger partial charge in [-0.25, -0.2) is 0 Å². The summed E-state index contributed by atoms with van der Waals surface area (Å²) in [6.45, 7) is 2.14. The second kappa shape index (κ2) is 3.83. The highest BCUT2D eigenvalue weighted by atomic mass is 32.2. The highest BCUT2D eigenvalue weighted by Crippen LogP contribution is 2.36. The van der Waals surface area contributed by atoms with Crippen molar-refractivity contribution in [3.63, 3.8) is 0 Å². The van der Waals surface area contributed by atoms with Gasteiger partial charge in [0.15, 0.2) is 0 Å². The Balaban J connectivity index is 2.76. The molecule has 0 radical (unpaired) electrons. The van der Waals surface area contributed by atoms with E-state index in [1.165, 1.54) is 20.5 Å². The number of benzene rings is 1. The van der Waals surface area contributed by atoms with Crippen molar-refractivity contribution in [2.24, 2.45) is 0 Å². The second-order valence-corrected chi connectivity index (χ2v) is 4.85. The first-order valence-corrected chi connectivity index (χ1v) is 6.46. The highest BCUT2D eigenvalue weighted by molar-refractivity contribution is 7.99. The molecule has 0 saturated carbocycles. The molecule has 0 fully saturated rings. The second-order valence-electron chi connectivity index (χ2n) is 3.13. The fourth-order valence-corrected chi connectivity index (χ4v) is 3.34. The van der Waals surface area contributed by atoms with E-state index in [1.54, 1.807) is 18.9 Å². The molecule has 1 nitrogen and oxygen atoms in total. The lowest BCUT2D eigenvalue weighted by molar-refractivity contribution is 0.414. The molecule has 0 spiro atoms. The lowest BCUT2D eigenvalue weighted by Gasteiger charge is -2.04. The molecule has 0 aliphatic carbocycles. The molecule has 1 aromatic carbocycles. The fourth-order valence-electron chi connectivity index (χ4n) is 1.47. The van der Waals surface area contributed by atoms with Crippen LogP contribution in [0.3, 0.4) is 0 Å². The summed E-state index contributed by atoms with van der Waals surface area (Å²) in [4.78, 5) is 1.30. The van der Waals surface area contributed by atoms with Crippen molar-refractivity contribution < 1.29 is 4.74 Å². The molecule has 14 heavy (non-hydrogen) atoms. The first-order chi connectivity index (χ1) is 6.76. The van der Waals surface area contributed by atoms with Crippen LogP contribution in [0.4, 0.5) is 0 Å². The lowest BCUT2D eigenvalue weighted by atomic mass is 10.2. The molecule has 2 rings (SSSR count). The molecule has 2 aromatic rings. The number of fused-ring (bicyclic) bond motifs is 1. The Morgan fingerprint density at radius 2 is 2.14 bits per heavy atom. The maximum absolute atomic E-state index is 5.28. The molecule has 0 aliphatic heterocycles. The summed E-state index contributed by atoms with van der Waals surface area (Å²) in [6, 6.07) is 4.21. The van der Waals surface area contributed by atoms with Crippen LogP contribution < -0.4 is 4.74 Å². The molecule has 0 N–H and O–H groups in total. The number of hydrogen-bond acceptors (Lipinski definition) is 3. The Morgan fingerprint density at radius 3 is 2.79 bits per heavy atom. The predicted octanol–water partition coefficient (Wildman–Crippen LogP) is 3.94. The molecule has 0 amide bonds. The third-order valence-electron chi connectivity index (χ3n) is 2.26. The highest BCUT2D eigenvalue weighted by Gasteiger charge is 2.07. The van der Waals surface area contributed by atoms with Crippen molar-refractivity contribution in [2.45, 2.75) is 11.8 Å². The Hall–Kier alpha value is -0.670. The van der Waals surface area contributed by atoms with Crippen LogP contribution in [0.2, 0.25) is 0 Å². The van der Waals surface area contributed by atoms with Crippen LogP contribution in [0.1, 0.15) is 5.56 Å². The molecule has 0 bridgehead atoms. The van der Waals surface area contributed by atoms with Gasteiger partial charge in [0, 0.05) is 15.0 Å². The average molecular weight is 224 g/mol. The Bertz CT molecular complexity index is 460.